The average Bonchev–Trinajstić information content (AvgIpc) is 2.21. The van der Waals surface area contributed by atoms with Gasteiger partial charge in [-0.15, -0.1) is 0 Å². The van der Waals surface area contributed by atoms with Crippen LogP contribution in [0.2, 0.25) is 0 Å². The minimum absolute atomic E-state index is 0.679. The summed E-state index contributed by atoms with van der Waals surface area (Å²) in [5, 5.41) is 0. The zero-order valence-corrected chi connectivity index (χ0v) is 6.32. The monoisotopic (exact) mass is 159 g/mol. The highest BCUT2D eigenvalue weighted by Gasteiger charge is 2.02. The van der Waals surface area contributed by atoms with Crippen molar-refractivity contribution in [3.8, 4) is 0 Å². The van der Waals surface area contributed by atoms with Crippen LogP contribution in [0, 0.1) is 6.07 Å². The number of hydrogen-bond donors (Lipinski definition) is 1. The molecular weight excluding hydrogens is 152 g/mol. The van der Waals surface area contributed by atoms with Crippen molar-refractivity contribution in [1.29, 1.82) is 0 Å². The highest BCUT2D eigenvalue weighted by molar-refractivity contribution is 5.98. The predicted octanol–water partition coefficient (Wildman–Crippen LogP) is 1.24. The molecule has 1 heterocycles. The van der Waals surface area contributed by atoms with Crippen molar-refractivity contribution in [2.45, 2.75) is 0 Å². The Kier molecular flexibility index (Phi) is 1.78. The molecule has 3 heteroatoms. The first-order valence-corrected chi connectivity index (χ1v) is 3.58. The zero-order valence-electron chi connectivity index (χ0n) is 6.32. The lowest BCUT2D eigenvalue weighted by Gasteiger charge is -2.09. The van der Waals surface area contributed by atoms with Gasteiger partial charge in [0.25, 0.3) is 0 Å². The van der Waals surface area contributed by atoms with Gasteiger partial charge in [-0.1, -0.05) is 24.3 Å². The lowest BCUT2D eigenvalue weighted by atomic mass is 10.2. The summed E-state index contributed by atoms with van der Waals surface area (Å²) >= 11 is 0. The van der Waals surface area contributed by atoms with Crippen molar-refractivity contribution in [1.82, 2.24) is 5.48 Å². The number of hydroxylamine groups is 1. The molecule has 0 aliphatic carbocycles. The Hall–Kier alpha value is -1.77. The summed E-state index contributed by atoms with van der Waals surface area (Å²) in [5.74, 6) is 0.679. The largest absolute Gasteiger partial charge is 0.387 e. The van der Waals surface area contributed by atoms with Crippen LogP contribution >= 0.6 is 0 Å². The Bertz CT molecular complexity index is 317. The summed E-state index contributed by atoms with van der Waals surface area (Å²) in [6, 6.07) is 10.6. The molecule has 0 aromatic heterocycles. The van der Waals surface area contributed by atoms with Gasteiger partial charge in [0.1, 0.15) is 6.26 Å². The van der Waals surface area contributed by atoms with Crippen LogP contribution in [0.3, 0.4) is 0 Å². The molecule has 3 nitrogen and oxygen atoms in total. The van der Waals surface area contributed by atoms with Crippen molar-refractivity contribution >= 4 is 5.84 Å². The van der Waals surface area contributed by atoms with Crippen LogP contribution in [0.15, 0.2) is 41.7 Å². The average molecular weight is 159 g/mol. The Morgan fingerprint density at radius 3 is 3.08 bits per heavy atom. The fourth-order valence-corrected chi connectivity index (χ4v) is 0.917. The quantitative estimate of drug-likeness (QED) is 0.668. The summed E-state index contributed by atoms with van der Waals surface area (Å²) in [7, 11) is 0. The molecule has 59 valence electrons. The minimum Gasteiger partial charge on any atom is -0.387 e. The molecule has 2 rings (SSSR count). The first-order chi connectivity index (χ1) is 5.97. The van der Waals surface area contributed by atoms with E-state index in [0.29, 0.717) is 5.84 Å². The molecule has 1 aliphatic heterocycles. The summed E-state index contributed by atoms with van der Waals surface area (Å²) in [4.78, 5) is 8.92. The third-order valence-electron chi connectivity index (χ3n) is 1.45. The van der Waals surface area contributed by atoms with Gasteiger partial charge in [-0.2, -0.15) is 0 Å². The summed E-state index contributed by atoms with van der Waals surface area (Å²) in [6.07, 6.45) is 3.07. The van der Waals surface area contributed by atoms with Crippen LogP contribution in [-0.4, -0.2) is 5.84 Å². The Balaban J connectivity index is 2.31. The van der Waals surface area contributed by atoms with Crippen molar-refractivity contribution in [3.05, 3.63) is 48.4 Å². The standard InChI is InChI=1S/C9H7N2O/c1-2-4-8(5-3-1)9-10-6-7-12-11-9/h1-4,6-7H,(H,10,11). The Morgan fingerprint density at radius 1 is 1.42 bits per heavy atom. The number of aliphatic imine (C=N–C) groups is 1. The predicted molar refractivity (Wildman–Crippen MR) is 45.2 cm³/mol. The third-order valence-corrected chi connectivity index (χ3v) is 1.45. The molecule has 1 N–H and O–H groups in total. The number of nitrogens with zero attached hydrogens (tertiary/aromatic N) is 1. The van der Waals surface area contributed by atoms with Crippen molar-refractivity contribution in [3.63, 3.8) is 0 Å². The van der Waals surface area contributed by atoms with Gasteiger partial charge in [-0.05, 0) is 6.07 Å². The molecule has 0 atom stereocenters. The van der Waals surface area contributed by atoms with Gasteiger partial charge in [-0.25, -0.2) is 10.5 Å². The molecule has 0 saturated heterocycles. The first kappa shape index (κ1) is 6.91. The second kappa shape index (κ2) is 3.09. The van der Waals surface area contributed by atoms with E-state index in [1.165, 1.54) is 6.26 Å². The maximum absolute atomic E-state index is 4.86. The summed E-state index contributed by atoms with van der Waals surface area (Å²) in [6.45, 7) is 0. The topological polar surface area (TPSA) is 33.6 Å². The number of benzene rings is 1. The van der Waals surface area contributed by atoms with Crippen molar-refractivity contribution in [2.75, 3.05) is 0 Å². The van der Waals surface area contributed by atoms with Gasteiger partial charge >= 0.3 is 0 Å². The van der Waals surface area contributed by atoms with E-state index in [1.54, 1.807) is 6.20 Å². The van der Waals surface area contributed by atoms with E-state index in [1.807, 2.05) is 24.3 Å². The number of hydrogen-bond acceptors (Lipinski definition) is 3. The molecule has 1 aromatic carbocycles. The van der Waals surface area contributed by atoms with Gasteiger partial charge < -0.3 is 4.84 Å². The van der Waals surface area contributed by atoms with Crippen molar-refractivity contribution < 1.29 is 4.84 Å². The summed E-state index contributed by atoms with van der Waals surface area (Å²) in [5.41, 5.74) is 3.56. The third kappa shape index (κ3) is 1.29. The molecule has 1 aliphatic rings. The van der Waals surface area contributed by atoms with Crippen LogP contribution in [0.5, 0.6) is 0 Å². The second-order valence-corrected chi connectivity index (χ2v) is 2.26. The van der Waals surface area contributed by atoms with Gasteiger partial charge in [0.15, 0.2) is 5.84 Å². The van der Waals surface area contributed by atoms with E-state index >= 15 is 0 Å². The van der Waals surface area contributed by atoms with Crippen LogP contribution < -0.4 is 5.48 Å². The second-order valence-electron chi connectivity index (χ2n) is 2.26. The number of amidine groups is 1. The lowest BCUT2D eigenvalue weighted by Crippen LogP contribution is -2.24. The smallest absolute Gasteiger partial charge is 0.168 e. The van der Waals surface area contributed by atoms with Gasteiger partial charge in [0.2, 0.25) is 0 Å². The Morgan fingerprint density at radius 2 is 2.42 bits per heavy atom. The van der Waals surface area contributed by atoms with Crippen LogP contribution in [-0.2, 0) is 4.84 Å². The van der Waals surface area contributed by atoms with Gasteiger partial charge in [0, 0.05) is 5.56 Å². The molecule has 1 aromatic rings. The Labute approximate surface area is 70.3 Å². The molecule has 0 spiro atoms. The van der Waals surface area contributed by atoms with E-state index in [-0.39, 0.29) is 0 Å². The molecule has 0 saturated carbocycles. The summed E-state index contributed by atoms with van der Waals surface area (Å²) < 4.78 is 0. The molecule has 0 fully saturated rings. The molecule has 12 heavy (non-hydrogen) atoms. The normalized spacial score (nSPS) is 14.5. The minimum atomic E-state index is 0.679. The fourth-order valence-electron chi connectivity index (χ4n) is 0.917. The lowest BCUT2D eigenvalue weighted by molar-refractivity contribution is 0.189. The van der Waals surface area contributed by atoms with E-state index < -0.39 is 0 Å². The van der Waals surface area contributed by atoms with Gasteiger partial charge in [-0.3, -0.25) is 0 Å². The van der Waals surface area contributed by atoms with Gasteiger partial charge in [0.05, 0.1) is 6.20 Å². The van der Waals surface area contributed by atoms with E-state index in [4.69, 9.17) is 4.84 Å². The SMILES string of the molecule is [c]1ccccc1C1=NC=CON1. The maximum atomic E-state index is 4.86. The van der Waals surface area contributed by atoms with Crippen LogP contribution in [0.4, 0.5) is 0 Å². The van der Waals surface area contributed by atoms with Crippen molar-refractivity contribution in [2.24, 2.45) is 4.99 Å². The first-order valence-electron chi connectivity index (χ1n) is 3.58. The maximum Gasteiger partial charge on any atom is 0.168 e. The van der Waals surface area contributed by atoms with Crippen LogP contribution in [0.25, 0.3) is 0 Å². The molecule has 1 radical (unpaired) electrons. The number of nitrogens with one attached hydrogen (secondary N) is 1. The fraction of sp³-hybridized carbons (Fsp3) is 0. The van der Waals surface area contributed by atoms with E-state index in [2.05, 4.69) is 16.5 Å². The number of rotatable bonds is 1. The highest BCUT2D eigenvalue weighted by atomic mass is 16.6. The van der Waals surface area contributed by atoms with E-state index in [0.717, 1.165) is 5.56 Å². The zero-order chi connectivity index (χ0) is 8.23. The molecule has 0 bridgehead atoms. The molecular formula is C9H7N2O. The molecule has 0 amide bonds. The van der Waals surface area contributed by atoms with E-state index in [9.17, 15) is 0 Å². The van der Waals surface area contributed by atoms with Crippen LogP contribution in [0.1, 0.15) is 5.56 Å². The molecule has 0 unspecified atom stereocenters. The highest BCUT2D eigenvalue weighted by Crippen LogP contribution is 2.01.